The highest BCUT2D eigenvalue weighted by Gasteiger charge is 2.29. The second-order valence-corrected chi connectivity index (χ2v) is 5.60. The zero-order valence-corrected chi connectivity index (χ0v) is 11.2. The van der Waals surface area contributed by atoms with Crippen molar-refractivity contribution in [3.05, 3.63) is 24.3 Å². The number of nitrogens with one attached hydrogen (secondary N) is 1. The molecule has 0 aromatic heterocycles. The van der Waals surface area contributed by atoms with Gasteiger partial charge in [0.1, 0.15) is 12.3 Å². The van der Waals surface area contributed by atoms with Crippen LogP contribution in [0, 0.1) is 0 Å². The first-order chi connectivity index (χ1) is 9.24. The summed E-state index contributed by atoms with van der Waals surface area (Å²) in [6.07, 6.45) is -4.19. The third-order valence-electron chi connectivity index (χ3n) is 2.17. The van der Waals surface area contributed by atoms with E-state index < -0.39 is 22.7 Å². The van der Waals surface area contributed by atoms with Crippen LogP contribution < -0.4 is 9.46 Å². The smallest absolute Gasteiger partial charge is 0.402 e. The fourth-order valence-electron chi connectivity index (χ4n) is 1.23. The van der Waals surface area contributed by atoms with Crippen LogP contribution in [0.5, 0.6) is 5.75 Å². The minimum absolute atomic E-state index is 0.0339. The van der Waals surface area contributed by atoms with E-state index >= 15 is 0 Å². The summed E-state index contributed by atoms with van der Waals surface area (Å²) in [6, 6.07) is 4.96. The van der Waals surface area contributed by atoms with Crippen molar-refractivity contribution in [2.45, 2.75) is 17.5 Å². The Kier molecular flexibility index (Phi) is 5.78. The van der Waals surface area contributed by atoms with Gasteiger partial charge in [-0.25, -0.2) is 13.1 Å². The number of halogens is 3. The normalized spacial score (nSPS) is 12.4. The summed E-state index contributed by atoms with van der Waals surface area (Å²) in [7, 11) is -4.20. The van der Waals surface area contributed by atoms with Crippen molar-refractivity contribution in [2.75, 3.05) is 19.8 Å². The number of aliphatic hydroxyl groups is 1. The zero-order chi connectivity index (χ0) is 15.2. The van der Waals surface area contributed by atoms with E-state index in [1.165, 1.54) is 16.9 Å². The van der Waals surface area contributed by atoms with Gasteiger partial charge >= 0.3 is 6.18 Å². The molecule has 0 radical (unpaired) electrons. The highest BCUT2D eigenvalue weighted by Crippen LogP contribution is 2.18. The molecule has 0 heterocycles. The van der Waals surface area contributed by atoms with Gasteiger partial charge in [0.05, 0.1) is 11.5 Å². The molecule has 0 aliphatic heterocycles. The molecular weight excluding hydrogens is 299 g/mol. The molecule has 0 spiro atoms. The number of hydrogen-bond donors (Lipinski definition) is 2. The van der Waals surface area contributed by atoms with Gasteiger partial charge < -0.3 is 9.84 Å². The maximum atomic E-state index is 12.0. The minimum atomic E-state index is -4.61. The molecule has 0 bridgehead atoms. The summed E-state index contributed by atoms with van der Waals surface area (Å²) < 4.78 is 65.7. The Morgan fingerprint density at radius 2 is 1.80 bits per heavy atom. The Labute approximate surface area is 114 Å². The van der Waals surface area contributed by atoms with E-state index in [1.54, 1.807) is 0 Å². The molecule has 0 unspecified atom stereocenters. The average molecular weight is 313 g/mol. The molecule has 1 aromatic rings. The number of benzene rings is 1. The number of aliphatic hydroxyl groups excluding tert-OH is 1. The lowest BCUT2D eigenvalue weighted by Gasteiger charge is -2.10. The predicted molar refractivity (Wildman–Crippen MR) is 64.9 cm³/mol. The Bertz CT molecular complexity index is 513. The summed E-state index contributed by atoms with van der Waals surface area (Å²) in [4.78, 5) is -0.281. The first-order valence-electron chi connectivity index (χ1n) is 5.65. The van der Waals surface area contributed by atoms with E-state index in [0.29, 0.717) is 12.2 Å². The Hall–Kier alpha value is -1.32. The lowest BCUT2D eigenvalue weighted by Crippen LogP contribution is -2.33. The molecule has 0 atom stereocenters. The quantitative estimate of drug-likeness (QED) is 0.744. The molecule has 0 amide bonds. The van der Waals surface area contributed by atoms with Crippen LogP contribution in [-0.4, -0.2) is 39.5 Å². The Morgan fingerprint density at radius 3 is 2.30 bits per heavy atom. The second-order valence-electron chi connectivity index (χ2n) is 3.84. The molecule has 1 aromatic carbocycles. The average Bonchev–Trinajstić information content (AvgIpc) is 2.37. The SMILES string of the molecule is O=S(=O)(NCC(F)(F)F)c1ccc(OCCCO)cc1. The summed E-state index contributed by atoms with van der Waals surface area (Å²) >= 11 is 0. The van der Waals surface area contributed by atoms with E-state index in [2.05, 4.69) is 0 Å². The molecule has 0 aliphatic rings. The molecule has 5 nitrogen and oxygen atoms in total. The van der Waals surface area contributed by atoms with Crippen LogP contribution in [0.3, 0.4) is 0 Å². The molecule has 9 heteroatoms. The predicted octanol–water partition coefficient (Wildman–Crippen LogP) is 1.29. The monoisotopic (exact) mass is 313 g/mol. The first-order valence-corrected chi connectivity index (χ1v) is 7.13. The number of hydrogen-bond acceptors (Lipinski definition) is 4. The van der Waals surface area contributed by atoms with Gasteiger partial charge in [-0.05, 0) is 24.3 Å². The van der Waals surface area contributed by atoms with Gasteiger partial charge in [-0.3, -0.25) is 0 Å². The van der Waals surface area contributed by atoms with Crippen molar-refractivity contribution in [1.29, 1.82) is 0 Å². The number of alkyl halides is 3. The van der Waals surface area contributed by atoms with Gasteiger partial charge in [0, 0.05) is 13.0 Å². The number of rotatable bonds is 7. The van der Waals surface area contributed by atoms with E-state index in [0.717, 1.165) is 12.1 Å². The Morgan fingerprint density at radius 1 is 1.20 bits per heavy atom. The van der Waals surface area contributed by atoms with Crippen LogP contribution in [0.4, 0.5) is 13.2 Å². The fraction of sp³-hybridized carbons (Fsp3) is 0.455. The van der Waals surface area contributed by atoms with Crippen LogP contribution in [0.25, 0.3) is 0 Å². The van der Waals surface area contributed by atoms with Gasteiger partial charge in [0.2, 0.25) is 10.0 Å². The van der Waals surface area contributed by atoms with Gasteiger partial charge in [0.15, 0.2) is 0 Å². The molecule has 0 saturated carbocycles. The highest BCUT2D eigenvalue weighted by atomic mass is 32.2. The summed E-state index contributed by atoms with van der Waals surface area (Å²) in [5.74, 6) is 0.369. The van der Waals surface area contributed by atoms with E-state index in [1.807, 2.05) is 0 Å². The molecule has 0 fully saturated rings. The topological polar surface area (TPSA) is 75.6 Å². The largest absolute Gasteiger partial charge is 0.494 e. The van der Waals surface area contributed by atoms with Crippen LogP contribution in [0.15, 0.2) is 29.2 Å². The summed E-state index contributed by atoms with van der Waals surface area (Å²) in [6.45, 7) is -1.40. The fourth-order valence-corrected chi connectivity index (χ4v) is 2.24. The molecule has 1 rings (SSSR count). The van der Waals surface area contributed by atoms with E-state index in [-0.39, 0.29) is 18.1 Å². The van der Waals surface area contributed by atoms with E-state index in [9.17, 15) is 21.6 Å². The highest BCUT2D eigenvalue weighted by molar-refractivity contribution is 7.89. The van der Waals surface area contributed by atoms with E-state index in [4.69, 9.17) is 9.84 Å². The van der Waals surface area contributed by atoms with Crippen LogP contribution in [0.2, 0.25) is 0 Å². The van der Waals surface area contributed by atoms with Crippen molar-refractivity contribution in [3.63, 3.8) is 0 Å². The molecule has 0 aliphatic carbocycles. The first kappa shape index (κ1) is 16.7. The lowest BCUT2D eigenvalue weighted by atomic mass is 10.3. The van der Waals surface area contributed by atoms with Gasteiger partial charge in [0.25, 0.3) is 0 Å². The third kappa shape index (κ3) is 5.76. The van der Waals surface area contributed by atoms with Crippen molar-refractivity contribution < 1.29 is 31.4 Å². The molecule has 0 saturated heterocycles. The van der Waals surface area contributed by atoms with Gasteiger partial charge in [-0.15, -0.1) is 0 Å². The molecule has 2 N–H and O–H groups in total. The van der Waals surface area contributed by atoms with Crippen molar-refractivity contribution in [3.8, 4) is 5.75 Å². The van der Waals surface area contributed by atoms with Crippen molar-refractivity contribution in [2.24, 2.45) is 0 Å². The maximum absolute atomic E-state index is 12.0. The standard InChI is InChI=1S/C11H14F3NO4S/c12-11(13,14)8-15-20(17,18)10-4-2-9(3-5-10)19-7-1-6-16/h2-5,15-16H,1,6-8H2. The van der Waals surface area contributed by atoms with Crippen molar-refractivity contribution in [1.82, 2.24) is 4.72 Å². The summed E-state index contributed by atoms with van der Waals surface area (Å²) in [5, 5.41) is 8.56. The molecular formula is C11H14F3NO4S. The van der Waals surface area contributed by atoms with Crippen LogP contribution in [-0.2, 0) is 10.0 Å². The zero-order valence-electron chi connectivity index (χ0n) is 10.4. The Balaban J connectivity index is 2.67. The van der Waals surface area contributed by atoms with Crippen LogP contribution >= 0.6 is 0 Å². The van der Waals surface area contributed by atoms with Crippen LogP contribution in [0.1, 0.15) is 6.42 Å². The number of sulfonamides is 1. The van der Waals surface area contributed by atoms with Gasteiger partial charge in [-0.2, -0.15) is 13.2 Å². The summed E-state index contributed by atoms with van der Waals surface area (Å²) in [5.41, 5.74) is 0. The third-order valence-corrected chi connectivity index (χ3v) is 3.58. The molecule has 20 heavy (non-hydrogen) atoms. The van der Waals surface area contributed by atoms with Crippen molar-refractivity contribution >= 4 is 10.0 Å². The van der Waals surface area contributed by atoms with Gasteiger partial charge in [-0.1, -0.05) is 0 Å². The minimum Gasteiger partial charge on any atom is -0.494 e. The maximum Gasteiger partial charge on any atom is 0.402 e. The number of ether oxygens (including phenoxy) is 1. The lowest BCUT2D eigenvalue weighted by molar-refractivity contribution is -0.121. The second kappa shape index (κ2) is 6.91. The molecule has 114 valence electrons.